The Bertz CT molecular complexity index is 856. The van der Waals surface area contributed by atoms with Gasteiger partial charge in [-0.3, -0.25) is 4.79 Å². The number of carbonyl (C=O) groups is 1. The van der Waals surface area contributed by atoms with Crippen LogP contribution in [0.25, 0.3) is 0 Å². The minimum absolute atomic E-state index is 0.0695. The van der Waals surface area contributed by atoms with Crippen molar-refractivity contribution in [3.05, 3.63) is 107 Å². The predicted octanol–water partition coefficient (Wildman–Crippen LogP) is 4.94. The molecule has 112 valence electrons. The molecule has 2 unspecified atom stereocenters. The van der Waals surface area contributed by atoms with E-state index in [4.69, 9.17) is 0 Å². The van der Waals surface area contributed by atoms with E-state index in [1.54, 1.807) is 6.07 Å². The molecule has 0 saturated heterocycles. The molecule has 0 fully saturated rings. The number of hydrogen-bond acceptors (Lipinski definition) is 1. The normalized spacial score (nSPS) is 19.6. The highest BCUT2D eigenvalue weighted by Gasteiger charge is 2.41. The van der Waals surface area contributed by atoms with Gasteiger partial charge in [0.25, 0.3) is 0 Å². The van der Waals surface area contributed by atoms with Gasteiger partial charge in [0.05, 0.1) is 5.92 Å². The fourth-order valence-electron chi connectivity index (χ4n) is 3.55. The lowest BCUT2D eigenvalue weighted by atomic mass is 9.81. The summed E-state index contributed by atoms with van der Waals surface area (Å²) in [7, 11) is 0. The fraction of sp³-hybridized carbons (Fsp3) is 0.0952. The lowest BCUT2D eigenvalue weighted by molar-refractivity contribution is 0.0968. The van der Waals surface area contributed by atoms with E-state index in [1.807, 2.05) is 60.7 Å². The molecule has 4 rings (SSSR count). The van der Waals surface area contributed by atoms with Crippen molar-refractivity contribution < 1.29 is 9.18 Å². The highest BCUT2D eigenvalue weighted by Crippen LogP contribution is 2.47. The zero-order chi connectivity index (χ0) is 15.8. The van der Waals surface area contributed by atoms with Crippen LogP contribution in [0.5, 0.6) is 0 Å². The first-order valence-corrected chi connectivity index (χ1v) is 7.69. The van der Waals surface area contributed by atoms with Crippen LogP contribution in [-0.4, -0.2) is 5.78 Å². The minimum Gasteiger partial charge on any atom is -0.293 e. The second-order valence-corrected chi connectivity index (χ2v) is 5.87. The lowest BCUT2D eigenvalue weighted by Crippen LogP contribution is -2.12. The number of fused-ring (bicyclic) bond motifs is 1. The zero-order valence-electron chi connectivity index (χ0n) is 12.4. The first-order valence-electron chi connectivity index (χ1n) is 7.69. The quantitative estimate of drug-likeness (QED) is 0.655. The van der Waals surface area contributed by atoms with Gasteiger partial charge in [0.2, 0.25) is 0 Å². The Hall–Kier alpha value is -2.74. The first-order chi connectivity index (χ1) is 11.3. The van der Waals surface area contributed by atoms with Crippen molar-refractivity contribution in [1.82, 2.24) is 0 Å². The third-order valence-electron chi connectivity index (χ3n) is 4.55. The third-order valence-corrected chi connectivity index (χ3v) is 4.55. The maximum atomic E-state index is 13.8. The van der Waals surface area contributed by atoms with E-state index in [-0.39, 0.29) is 23.4 Å². The molecule has 23 heavy (non-hydrogen) atoms. The molecule has 0 saturated carbocycles. The molecule has 0 heterocycles. The molecular weight excluding hydrogens is 287 g/mol. The summed E-state index contributed by atoms with van der Waals surface area (Å²) in [5, 5.41) is 0. The van der Waals surface area contributed by atoms with Gasteiger partial charge in [0.1, 0.15) is 5.82 Å². The maximum absolute atomic E-state index is 13.8. The predicted molar refractivity (Wildman–Crippen MR) is 88.2 cm³/mol. The van der Waals surface area contributed by atoms with E-state index in [0.717, 1.165) is 16.7 Å². The van der Waals surface area contributed by atoms with E-state index in [2.05, 4.69) is 0 Å². The standard InChI is InChI=1S/C21H15FO/c22-16-11-12-17-18(13-16)19(14-7-3-1-4-8-14)20(21(17)23)15-9-5-2-6-10-15/h1-13,19-20H. The molecule has 0 spiro atoms. The summed E-state index contributed by atoms with van der Waals surface area (Å²) < 4.78 is 13.8. The molecule has 0 N–H and O–H groups in total. The number of hydrogen-bond donors (Lipinski definition) is 0. The van der Waals surface area contributed by atoms with Gasteiger partial charge >= 0.3 is 0 Å². The topological polar surface area (TPSA) is 17.1 Å². The van der Waals surface area contributed by atoms with Gasteiger partial charge in [0.15, 0.2) is 5.78 Å². The maximum Gasteiger partial charge on any atom is 0.171 e. The Labute approximate surface area is 134 Å². The Morgan fingerprint density at radius 3 is 1.87 bits per heavy atom. The van der Waals surface area contributed by atoms with Crippen LogP contribution >= 0.6 is 0 Å². The minimum atomic E-state index is -0.300. The van der Waals surface area contributed by atoms with E-state index in [9.17, 15) is 9.18 Å². The van der Waals surface area contributed by atoms with Gasteiger partial charge < -0.3 is 0 Å². The van der Waals surface area contributed by atoms with E-state index in [0.29, 0.717) is 5.56 Å². The number of carbonyl (C=O) groups excluding carboxylic acids is 1. The number of ketones is 1. The van der Waals surface area contributed by atoms with Crippen molar-refractivity contribution in [3.8, 4) is 0 Å². The van der Waals surface area contributed by atoms with Crippen molar-refractivity contribution in [1.29, 1.82) is 0 Å². The molecule has 0 aliphatic heterocycles. The number of rotatable bonds is 2. The summed E-state index contributed by atoms with van der Waals surface area (Å²) in [6.07, 6.45) is 0. The van der Waals surface area contributed by atoms with Crippen molar-refractivity contribution in [2.75, 3.05) is 0 Å². The van der Waals surface area contributed by atoms with Crippen LogP contribution in [0.1, 0.15) is 38.9 Å². The summed E-state index contributed by atoms with van der Waals surface area (Å²) in [4.78, 5) is 13.0. The average Bonchev–Trinajstić information content (AvgIpc) is 2.88. The van der Waals surface area contributed by atoms with Crippen LogP contribution in [0.2, 0.25) is 0 Å². The molecular formula is C21H15FO. The molecule has 0 radical (unpaired) electrons. The Morgan fingerprint density at radius 2 is 1.26 bits per heavy atom. The van der Waals surface area contributed by atoms with Crippen LogP contribution in [0.15, 0.2) is 78.9 Å². The van der Waals surface area contributed by atoms with Crippen molar-refractivity contribution >= 4 is 5.78 Å². The van der Waals surface area contributed by atoms with Crippen LogP contribution in [0.4, 0.5) is 4.39 Å². The van der Waals surface area contributed by atoms with Crippen LogP contribution in [0, 0.1) is 5.82 Å². The molecule has 0 amide bonds. The Kier molecular flexibility index (Phi) is 3.30. The molecule has 1 aliphatic carbocycles. The number of halogens is 1. The smallest absolute Gasteiger partial charge is 0.171 e. The van der Waals surface area contributed by atoms with Gasteiger partial charge in [-0.05, 0) is 34.9 Å². The summed E-state index contributed by atoms with van der Waals surface area (Å²) >= 11 is 0. The average molecular weight is 302 g/mol. The molecule has 1 aliphatic rings. The van der Waals surface area contributed by atoms with Gasteiger partial charge in [0, 0.05) is 11.5 Å². The summed E-state index contributed by atoms with van der Waals surface area (Å²) in [6, 6.07) is 24.1. The van der Waals surface area contributed by atoms with Crippen LogP contribution in [0.3, 0.4) is 0 Å². The third kappa shape index (κ3) is 2.27. The SMILES string of the molecule is O=C1c2ccc(F)cc2C(c2ccccc2)C1c1ccccc1. The van der Waals surface area contributed by atoms with Crippen LogP contribution in [-0.2, 0) is 0 Å². The fourth-order valence-corrected chi connectivity index (χ4v) is 3.55. The largest absolute Gasteiger partial charge is 0.293 e. The monoisotopic (exact) mass is 302 g/mol. The highest BCUT2D eigenvalue weighted by atomic mass is 19.1. The second kappa shape index (κ2) is 5.47. The second-order valence-electron chi connectivity index (χ2n) is 5.87. The van der Waals surface area contributed by atoms with Gasteiger partial charge in [-0.1, -0.05) is 60.7 Å². The molecule has 0 aromatic heterocycles. The summed E-state index contributed by atoms with van der Waals surface area (Å²) in [5.74, 6) is -0.668. The van der Waals surface area contributed by atoms with Crippen molar-refractivity contribution in [2.45, 2.75) is 11.8 Å². The number of Topliss-reactive ketones (excluding diaryl/α,β-unsaturated/α-hetero) is 1. The molecule has 0 bridgehead atoms. The molecule has 2 heteroatoms. The van der Waals surface area contributed by atoms with Crippen molar-refractivity contribution in [2.24, 2.45) is 0 Å². The van der Waals surface area contributed by atoms with Gasteiger partial charge in [-0.25, -0.2) is 4.39 Å². The van der Waals surface area contributed by atoms with E-state index < -0.39 is 0 Å². The summed E-state index contributed by atoms with van der Waals surface area (Å²) in [6.45, 7) is 0. The van der Waals surface area contributed by atoms with Gasteiger partial charge in [-0.15, -0.1) is 0 Å². The lowest BCUT2D eigenvalue weighted by Gasteiger charge is -2.20. The highest BCUT2D eigenvalue weighted by molar-refractivity contribution is 6.07. The van der Waals surface area contributed by atoms with Crippen LogP contribution < -0.4 is 0 Å². The summed E-state index contributed by atoms with van der Waals surface area (Å²) in [5.41, 5.74) is 3.44. The first kappa shape index (κ1) is 13.9. The van der Waals surface area contributed by atoms with Crippen molar-refractivity contribution in [3.63, 3.8) is 0 Å². The van der Waals surface area contributed by atoms with E-state index in [1.165, 1.54) is 12.1 Å². The molecule has 2 atom stereocenters. The van der Waals surface area contributed by atoms with E-state index >= 15 is 0 Å². The number of benzene rings is 3. The molecule has 1 nitrogen and oxygen atoms in total. The Morgan fingerprint density at radius 1 is 0.696 bits per heavy atom. The van der Waals surface area contributed by atoms with Gasteiger partial charge in [-0.2, -0.15) is 0 Å². The zero-order valence-corrected chi connectivity index (χ0v) is 12.4. The molecule has 3 aromatic carbocycles. The Balaban J connectivity index is 1.94. The molecule has 3 aromatic rings.